The molecule has 0 saturated carbocycles. The van der Waals surface area contributed by atoms with E-state index < -0.39 is 0 Å². The highest BCUT2D eigenvalue weighted by Crippen LogP contribution is 2.24. The van der Waals surface area contributed by atoms with Crippen LogP contribution in [0.1, 0.15) is 29.3 Å². The summed E-state index contributed by atoms with van der Waals surface area (Å²) in [5.74, 6) is 1.16. The maximum absolute atomic E-state index is 12.5. The molecule has 0 bridgehead atoms. The highest BCUT2D eigenvalue weighted by molar-refractivity contribution is 9.10. The van der Waals surface area contributed by atoms with Crippen LogP contribution in [-0.4, -0.2) is 30.4 Å². The van der Waals surface area contributed by atoms with Gasteiger partial charge in [-0.05, 0) is 55.5 Å². The van der Waals surface area contributed by atoms with Crippen LogP contribution in [0.2, 0.25) is 0 Å². The number of hydrogen-bond acceptors (Lipinski definition) is 2. The third kappa shape index (κ3) is 3.18. The zero-order chi connectivity index (χ0) is 14.0. The first-order chi connectivity index (χ1) is 9.02. The summed E-state index contributed by atoms with van der Waals surface area (Å²) in [6.07, 6.45) is 1.04. The average molecular weight is 325 g/mol. The van der Waals surface area contributed by atoms with Crippen LogP contribution < -0.4 is 5.73 Å². The fourth-order valence-electron chi connectivity index (χ4n) is 2.60. The minimum Gasteiger partial charge on any atom is -0.338 e. The Morgan fingerprint density at radius 3 is 2.89 bits per heavy atom. The van der Waals surface area contributed by atoms with Crippen LogP contribution in [0.15, 0.2) is 22.7 Å². The van der Waals surface area contributed by atoms with Gasteiger partial charge in [0.15, 0.2) is 0 Å². The predicted molar refractivity (Wildman–Crippen MR) is 81.1 cm³/mol. The van der Waals surface area contributed by atoms with Gasteiger partial charge in [-0.2, -0.15) is 0 Å². The molecule has 0 aliphatic carbocycles. The largest absolute Gasteiger partial charge is 0.338 e. The van der Waals surface area contributed by atoms with E-state index in [9.17, 15) is 4.79 Å². The lowest BCUT2D eigenvalue weighted by Gasteiger charge is -2.36. The van der Waals surface area contributed by atoms with Gasteiger partial charge in [0, 0.05) is 23.1 Å². The second kappa shape index (κ2) is 6.06. The van der Waals surface area contributed by atoms with Crippen LogP contribution in [0.4, 0.5) is 0 Å². The Labute approximate surface area is 123 Å². The van der Waals surface area contributed by atoms with Gasteiger partial charge in [0.05, 0.1) is 0 Å². The molecule has 1 heterocycles. The molecular weight excluding hydrogens is 304 g/mol. The summed E-state index contributed by atoms with van der Waals surface area (Å²) in [6.45, 7) is 6.51. The number of halogens is 1. The lowest BCUT2D eigenvalue weighted by Crippen LogP contribution is -2.45. The Bertz CT molecular complexity index is 475. The molecule has 2 N–H and O–H groups in total. The summed E-state index contributed by atoms with van der Waals surface area (Å²) < 4.78 is 1.04. The third-order valence-electron chi connectivity index (χ3n) is 4.11. The van der Waals surface area contributed by atoms with Gasteiger partial charge in [-0.3, -0.25) is 4.79 Å². The molecule has 2 unspecified atom stereocenters. The van der Waals surface area contributed by atoms with E-state index in [0.717, 1.165) is 35.1 Å². The van der Waals surface area contributed by atoms with E-state index in [0.29, 0.717) is 18.4 Å². The molecule has 1 aliphatic heterocycles. The number of carbonyl (C=O) groups is 1. The fraction of sp³-hybridized carbons (Fsp3) is 0.533. The maximum atomic E-state index is 12.5. The number of benzene rings is 1. The Kier molecular flexibility index (Phi) is 4.63. The van der Waals surface area contributed by atoms with E-state index in [4.69, 9.17) is 5.73 Å². The third-order valence-corrected chi connectivity index (χ3v) is 5.00. The Morgan fingerprint density at radius 1 is 1.53 bits per heavy atom. The summed E-state index contributed by atoms with van der Waals surface area (Å²) in [4.78, 5) is 14.4. The van der Waals surface area contributed by atoms with Crippen molar-refractivity contribution < 1.29 is 4.79 Å². The van der Waals surface area contributed by atoms with E-state index in [1.807, 2.05) is 30.0 Å². The van der Waals surface area contributed by atoms with Gasteiger partial charge >= 0.3 is 0 Å². The average Bonchev–Trinajstić information content (AvgIpc) is 2.41. The number of hydrogen-bond donors (Lipinski definition) is 1. The van der Waals surface area contributed by atoms with Crippen LogP contribution >= 0.6 is 15.9 Å². The highest BCUT2D eigenvalue weighted by atomic mass is 79.9. The van der Waals surface area contributed by atoms with Crippen molar-refractivity contribution in [3.05, 3.63) is 33.8 Å². The van der Waals surface area contributed by atoms with Crippen molar-refractivity contribution in [2.75, 3.05) is 19.6 Å². The van der Waals surface area contributed by atoms with E-state index >= 15 is 0 Å². The summed E-state index contributed by atoms with van der Waals surface area (Å²) in [7, 11) is 0. The minimum absolute atomic E-state index is 0.126. The monoisotopic (exact) mass is 324 g/mol. The fourth-order valence-corrected chi connectivity index (χ4v) is 2.85. The Morgan fingerprint density at radius 2 is 2.26 bits per heavy atom. The van der Waals surface area contributed by atoms with Crippen LogP contribution in [0.3, 0.4) is 0 Å². The number of rotatable bonds is 2. The number of likely N-dealkylation sites (tertiary alicyclic amines) is 1. The molecule has 0 radical (unpaired) electrons. The lowest BCUT2D eigenvalue weighted by molar-refractivity contribution is 0.0618. The maximum Gasteiger partial charge on any atom is 0.253 e. The molecule has 0 spiro atoms. The van der Waals surface area contributed by atoms with Gasteiger partial charge in [-0.25, -0.2) is 0 Å². The van der Waals surface area contributed by atoms with E-state index in [1.165, 1.54) is 0 Å². The van der Waals surface area contributed by atoms with E-state index in [-0.39, 0.29) is 5.91 Å². The number of nitrogens with two attached hydrogens (primary N) is 1. The van der Waals surface area contributed by atoms with Crippen molar-refractivity contribution in [3.63, 3.8) is 0 Å². The van der Waals surface area contributed by atoms with E-state index in [2.05, 4.69) is 22.9 Å². The number of aryl methyl sites for hydroxylation is 1. The number of carbonyl (C=O) groups excluding carboxylic acids is 1. The summed E-state index contributed by atoms with van der Waals surface area (Å²) in [6, 6.07) is 5.77. The zero-order valence-corrected chi connectivity index (χ0v) is 13.1. The topological polar surface area (TPSA) is 46.3 Å². The van der Waals surface area contributed by atoms with Gasteiger partial charge in [0.1, 0.15) is 0 Å². The lowest BCUT2D eigenvalue weighted by atomic mass is 9.87. The van der Waals surface area contributed by atoms with Crippen molar-refractivity contribution in [2.45, 2.75) is 20.3 Å². The van der Waals surface area contributed by atoms with Gasteiger partial charge in [0.25, 0.3) is 5.91 Å². The first kappa shape index (κ1) is 14.5. The first-order valence-corrected chi connectivity index (χ1v) is 7.57. The molecule has 1 aliphatic rings. The standard InChI is InChI=1S/C15H21BrN2O/c1-10-5-6-18(9-13(10)8-17)15(19)12-3-4-14(16)11(2)7-12/h3-4,7,10,13H,5-6,8-9,17H2,1-2H3. The van der Waals surface area contributed by atoms with Gasteiger partial charge < -0.3 is 10.6 Å². The number of nitrogens with zero attached hydrogens (tertiary/aromatic N) is 1. The Hall–Kier alpha value is -0.870. The zero-order valence-electron chi connectivity index (χ0n) is 11.5. The molecule has 1 fully saturated rings. The SMILES string of the molecule is Cc1cc(C(=O)N2CCC(C)C(CN)C2)ccc1Br. The van der Waals surface area contributed by atoms with Gasteiger partial charge in [0.2, 0.25) is 0 Å². The quantitative estimate of drug-likeness (QED) is 0.909. The molecule has 2 atom stereocenters. The smallest absolute Gasteiger partial charge is 0.253 e. The predicted octanol–water partition coefficient (Wildman–Crippen LogP) is 2.81. The molecule has 1 aromatic rings. The van der Waals surface area contributed by atoms with Crippen LogP contribution in [0, 0.1) is 18.8 Å². The Balaban J connectivity index is 2.13. The molecule has 1 saturated heterocycles. The molecule has 19 heavy (non-hydrogen) atoms. The van der Waals surface area contributed by atoms with E-state index in [1.54, 1.807) is 0 Å². The van der Waals surface area contributed by atoms with Crippen molar-refractivity contribution in [2.24, 2.45) is 17.6 Å². The van der Waals surface area contributed by atoms with Crippen molar-refractivity contribution >= 4 is 21.8 Å². The molecule has 3 nitrogen and oxygen atoms in total. The molecule has 1 amide bonds. The summed E-state index contributed by atoms with van der Waals surface area (Å²) in [5, 5.41) is 0. The van der Waals surface area contributed by atoms with Crippen molar-refractivity contribution in [1.29, 1.82) is 0 Å². The number of piperidine rings is 1. The second-order valence-electron chi connectivity index (χ2n) is 5.48. The first-order valence-electron chi connectivity index (χ1n) is 6.78. The van der Waals surface area contributed by atoms with Crippen LogP contribution in [0.5, 0.6) is 0 Å². The molecule has 2 rings (SSSR count). The molecule has 1 aromatic carbocycles. The van der Waals surface area contributed by atoms with Crippen molar-refractivity contribution in [3.8, 4) is 0 Å². The normalized spacial score (nSPS) is 23.5. The molecule has 104 valence electrons. The van der Waals surface area contributed by atoms with Gasteiger partial charge in [-0.15, -0.1) is 0 Å². The molecule has 4 heteroatoms. The summed E-state index contributed by atoms with van der Waals surface area (Å²) in [5.41, 5.74) is 7.65. The minimum atomic E-state index is 0.126. The number of amides is 1. The second-order valence-corrected chi connectivity index (χ2v) is 6.33. The van der Waals surface area contributed by atoms with Gasteiger partial charge in [-0.1, -0.05) is 22.9 Å². The molecule has 0 aromatic heterocycles. The molecular formula is C15H21BrN2O. The van der Waals surface area contributed by atoms with Crippen LogP contribution in [0.25, 0.3) is 0 Å². The van der Waals surface area contributed by atoms with Crippen molar-refractivity contribution in [1.82, 2.24) is 4.90 Å². The highest BCUT2D eigenvalue weighted by Gasteiger charge is 2.28. The van der Waals surface area contributed by atoms with Crippen LogP contribution in [-0.2, 0) is 0 Å². The summed E-state index contributed by atoms with van der Waals surface area (Å²) >= 11 is 3.46.